The molecular weight excluding hydrogens is 264 g/mol. The molecule has 0 aliphatic carbocycles. The highest BCUT2D eigenvalue weighted by atomic mass is 16.5. The Balaban J connectivity index is 1.82. The molecule has 0 bridgehead atoms. The number of nitrogens with two attached hydrogens (primary N) is 1. The van der Waals surface area contributed by atoms with E-state index in [1.165, 1.54) is 0 Å². The molecule has 1 amide bonds. The van der Waals surface area contributed by atoms with Crippen LogP contribution in [0.5, 0.6) is 5.75 Å². The lowest BCUT2D eigenvalue weighted by molar-refractivity contribution is -0.116. The van der Waals surface area contributed by atoms with E-state index in [9.17, 15) is 4.79 Å². The Labute approximate surface area is 124 Å². The number of anilines is 2. The summed E-state index contributed by atoms with van der Waals surface area (Å²) in [6, 6.07) is 13.0. The molecule has 0 fully saturated rings. The lowest BCUT2D eigenvalue weighted by atomic mass is 10.1. The molecule has 2 aromatic carbocycles. The fourth-order valence-electron chi connectivity index (χ4n) is 1.92. The minimum atomic E-state index is -0.0563. The molecule has 0 atom stereocenters. The van der Waals surface area contributed by atoms with Crippen LogP contribution in [0.4, 0.5) is 11.4 Å². The minimum absolute atomic E-state index is 0.0563. The average Bonchev–Trinajstić information content (AvgIpc) is 2.46. The van der Waals surface area contributed by atoms with Crippen molar-refractivity contribution in [2.24, 2.45) is 0 Å². The number of ether oxygens (including phenoxy) is 1. The van der Waals surface area contributed by atoms with E-state index in [2.05, 4.69) is 5.32 Å². The Morgan fingerprint density at radius 2 is 1.86 bits per heavy atom. The van der Waals surface area contributed by atoms with Crippen LogP contribution in [0, 0.1) is 13.8 Å². The highest BCUT2D eigenvalue weighted by Crippen LogP contribution is 2.18. The van der Waals surface area contributed by atoms with E-state index in [0.717, 1.165) is 16.8 Å². The number of nitrogens with one attached hydrogen (secondary N) is 1. The lowest BCUT2D eigenvalue weighted by Crippen LogP contribution is -2.16. The first-order valence-electron chi connectivity index (χ1n) is 6.90. The number of aryl methyl sites for hydroxylation is 1. The van der Waals surface area contributed by atoms with Crippen LogP contribution < -0.4 is 15.8 Å². The SMILES string of the molecule is Cc1cccc(NC(=O)CCOc2ccc(N)cc2)c1C. The van der Waals surface area contributed by atoms with Crippen molar-refractivity contribution < 1.29 is 9.53 Å². The van der Waals surface area contributed by atoms with Gasteiger partial charge in [-0.2, -0.15) is 0 Å². The molecule has 0 radical (unpaired) electrons. The number of nitrogen functional groups attached to an aromatic ring is 1. The first-order valence-corrected chi connectivity index (χ1v) is 6.90. The quantitative estimate of drug-likeness (QED) is 0.828. The fraction of sp³-hybridized carbons (Fsp3) is 0.235. The highest BCUT2D eigenvalue weighted by Gasteiger charge is 2.06. The van der Waals surface area contributed by atoms with Gasteiger partial charge in [0.1, 0.15) is 5.75 Å². The van der Waals surface area contributed by atoms with Crippen LogP contribution in [-0.2, 0) is 4.79 Å². The minimum Gasteiger partial charge on any atom is -0.493 e. The van der Waals surface area contributed by atoms with Crippen LogP contribution in [0.3, 0.4) is 0 Å². The van der Waals surface area contributed by atoms with Crippen molar-refractivity contribution in [3.63, 3.8) is 0 Å². The Bertz CT molecular complexity index is 621. The maximum atomic E-state index is 11.9. The zero-order chi connectivity index (χ0) is 15.2. The van der Waals surface area contributed by atoms with Gasteiger partial charge in [0.25, 0.3) is 0 Å². The van der Waals surface area contributed by atoms with Gasteiger partial charge in [-0.1, -0.05) is 12.1 Å². The number of amides is 1. The maximum absolute atomic E-state index is 11.9. The first kappa shape index (κ1) is 14.9. The van der Waals surface area contributed by atoms with E-state index >= 15 is 0 Å². The van der Waals surface area contributed by atoms with Gasteiger partial charge in [-0.3, -0.25) is 4.79 Å². The molecule has 0 aliphatic heterocycles. The first-order chi connectivity index (χ1) is 10.1. The van der Waals surface area contributed by atoms with E-state index in [0.29, 0.717) is 24.5 Å². The lowest BCUT2D eigenvalue weighted by Gasteiger charge is -2.11. The molecule has 0 aliphatic rings. The normalized spacial score (nSPS) is 10.2. The molecule has 110 valence electrons. The standard InChI is InChI=1S/C17H20N2O2/c1-12-4-3-5-16(13(12)2)19-17(20)10-11-21-15-8-6-14(18)7-9-15/h3-9H,10-11,18H2,1-2H3,(H,19,20). The molecule has 0 spiro atoms. The van der Waals surface area contributed by atoms with Crippen LogP contribution in [-0.4, -0.2) is 12.5 Å². The van der Waals surface area contributed by atoms with Gasteiger partial charge in [-0.05, 0) is 55.3 Å². The fourth-order valence-corrected chi connectivity index (χ4v) is 1.92. The van der Waals surface area contributed by atoms with Crippen LogP contribution in [0.1, 0.15) is 17.5 Å². The Morgan fingerprint density at radius 1 is 1.14 bits per heavy atom. The average molecular weight is 284 g/mol. The van der Waals surface area contributed by atoms with Crippen molar-refractivity contribution in [2.75, 3.05) is 17.7 Å². The van der Waals surface area contributed by atoms with Crippen molar-refractivity contribution >= 4 is 17.3 Å². The van der Waals surface area contributed by atoms with Gasteiger partial charge in [0, 0.05) is 11.4 Å². The number of hydrogen-bond donors (Lipinski definition) is 2. The molecule has 2 rings (SSSR count). The molecule has 21 heavy (non-hydrogen) atoms. The zero-order valence-electron chi connectivity index (χ0n) is 12.3. The van der Waals surface area contributed by atoms with Gasteiger partial charge >= 0.3 is 0 Å². The largest absolute Gasteiger partial charge is 0.493 e. The predicted octanol–water partition coefficient (Wildman–Crippen LogP) is 3.29. The molecular formula is C17H20N2O2. The number of benzene rings is 2. The van der Waals surface area contributed by atoms with Gasteiger partial charge in [-0.15, -0.1) is 0 Å². The van der Waals surface area contributed by atoms with E-state index in [-0.39, 0.29) is 5.91 Å². The molecule has 0 unspecified atom stereocenters. The number of carbonyl (C=O) groups excluding carboxylic acids is 1. The van der Waals surface area contributed by atoms with Gasteiger partial charge in [0.2, 0.25) is 5.91 Å². The molecule has 2 aromatic rings. The second-order valence-corrected chi connectivity index (χ2v) is 4.96. The zero-order valence-corrected chi connectivity index (χ0v) is 12.3. The van der Waals surface area contributed by atoms with Crippen LogP contribution in [0.2, 0.25) is 0 Å². The molecule has 0 heterocycles. The second-order valence-electron chi connectivity index (χ2n) is 4.96. The van der Waals surface area contributed by atoms with Gasteiger partial charge in [-0.25, -0.2) is 0 Å². The summed E-state index contributed by atoms with van der Waals surface area (Å²) in [5, 5.41) is 2.91. The third kappa shape index (κ3) is 4.24. The van der Waals surface area contributed by atoms with Gasteiger partial charge in [0.15, 0.2) is 0 Å². The van der Waals surface area contributed by atoms with E-state index in [1.807, 2.05) is 32.0 Å². The third-order valence-corrected chi connectivity index (χ3v) is 3.36. The van der Waals surface area contributed by atoms with Crippen LogP contribution in [0.15, 0.2) is 42.5 Å². The van der Waals surface area contributed by atoms with Crippen molar-refractivity contribution in [3.8, 4) is 5.75 Å². The van der Waals surface area contributed by atoms with E-state index in [4.69, 9.17) is 10.5 Å². The molecule has 4 heteroatoms. The summed E-state index contributed by atoms with van der Waals surface area (Å²) in [6.07, 6.45) is 0.303. The van der Waals surface area contributed by atoms with Crippen molar-refractivity contribution in [1.29, 1.82) is 0 Å². The second kappa shape index (κ2) is 6.79. The van der Waals surface area contributed by atoms with Crippen LogP contribution in [0.25, 0.3) is 0 Å². The van der Waals surface area contributed by atoms with Crippen molar-refractivity contribution in [1.82, 2.24) is 0 Å². The predicted molar refractivity (Wildman–Crippen MR) is 85.5 cm³/mol. The summed E-state index contributed by atoms with van der Waals surface area (Å²) in [7, 11) is 0. The summed E-state index contributed by atoms with van der Waals surface area (Å²) in [4.78, 5) is 11.9. The summed E-state index contributed by atoms with van der Waals surface area (Å²) >= 11 is 0. The topological polar surface area (TPSA) is 64.3 Å². The summed E-state index contributed by atoms with van der Waals surface area (Å²) in [6.45, 7) is 4.35. The van der Waals surface area contributed by atoms with Crippen molar-refractivity contribution in [3.05, 3.63) is 53.6 Å². The van der Waals surface area contributed by atoms with Crippen molar-refractivity contribution in [2.45, 2.75) is 20.3 Å². The van der Waals surface area contributed by atoms with Crippen LogP contribution >= 0.6 is 0 Å². The Kier molecular flexibility index (Phi) is 4.82. The maximum Gasteiger partial charge on any atom is 0.227 e. The monoisotopic (exact) mass is 284 g/mol. The summed E-state index contributed by atoms with van der Waals surface area (Å²) in [5.41, 5.74) is 9.39. The number of hydrogen-bond acceptors (Lipinski definition) is 3. The summed E-state index contributed by atoms with van der Waals surface area (Å²) < 4.78 is 5.51. The molecule has 0 saturated carbocycles. The smallest absolute Gasteiger partial charge is 0.227 e. The third-order valence-electron chi connectivity index (χ3n) is 3.36. The Morgan fingerprint density at radius 3 is 2.57 bits per heavy atom. The molecule has 3 N–H and O–H groups in total. The van der Waals surface area contributed by atoms with Gasteiger partial charge < -0.3 is 15.8 Å². The van der Waals surface area contributed by atoms with E-state index in [1.54, 1.807) is 24.3 Å². The Hall–Kier alpha value is -2.49. The van der Waals surface area contributed by atoms with E-state index < -0.39 is 0 Å². The molecule has 0 aromatic heterocycles. The number of rotatable bonds is 5. The molecule has 4 nitrogen and oxygen atoms in total. The molecule has 0 saturated heterocycles. The summed E-state index contributed by atoms with van der Waals surface area (Å²) in [5.74, 6) is 0.655. The van der Waals surface area contributed by atoms with Gasteiger partial charge in [0.05, 0.1) is 13.0 Å². The highest BCUT2D eigenvalue weighted by molar-refractivity contribution is 5.91. The number of carbonyl (C=O) groups is 1.